The number of para-hydroxylation sites is 1. The van der Waals surface area contributed by atoms with Crippen molar-refractivity contribution in [2.45, 2.75) is 38.6 Å². The molecule has 2 nitrogen and oxygen atoms in total. The number of quaternary nitrogens is 1. The molecule has 1 saturated carbocycles. The molecule has 0 heterocycles. The molecule has 1 unspecified atom stereocenters. The summed E-state index contributed by atoms with van der Waals surface area (Å²) in [5.74, 6) is 0.798. The van der Waals surface area contributed by atoms with Gasteiger partial charge in [-0.05, 0) is 30.9 Å². The predicted octanol–water partition coefficient (Wildman–Crippen LogP) is 3.70. The SMILES string of the molecule is CC1CCC([N+](C)([O-])c2ccccc2)CC1. The molecule has 1 atom stereocenters. The van der Waals surface area contributed by atoms with Crippen molar-refractivity contribution in [1.29, 1.82) is 0 Å². The Hall–Kier alpha value is -0.860. The van der Waals surface area contributed by atoms with Crippen molar-refractivity contribution in [2.24, 2.45) is 5.92 Å². The van der Waals surface area contributed by atoms with Crippen LogP contribution in [0.3, 0.4) is 0 Å². The van der Waals surface area contributed by atoms with Crippen LogP contribution in [0.4, 0.5) is 5.69 Å². The number of rotatable bonds is 2. The maximum absolute atomic E-state index is 12.7. The zero-order valence-corrected chi connectivity index (χ0v) is 10.2. The van der Waals surface area contributed by atoms with Crippen LogP contribution in [0.5, 0.6) is 0 Å². The van der Waals surface area contributed by atoms with Crippen LogP contribution >= 0.6 is 0 Å². The summed E-state index contributed by atoms with van der Waals surface area (Å²) in [5, 5.41) is 12.7. The smallest absolute Gasteiger partial charge is 0.132 e. The monoisotopic (exact) mass is 219 g/mol. The van der Waals surface area contributed by atoms with Gasteiger partial charge >= 0.3 is 0 Å². The molecule has 0 spiro atoms. The zero-order chi connectivity index (χ0) is 11.6. The van der Waals surface area contributed by atoms with E-state index < -0.39 is 0 Å². The summed E-state index contributed by atoms with van der Waals surface area (Å²) in [7, 11) is 1.80. The van der Waals surface area contributed by atoms with Gasteiger partial charge in [0.15, 0.2) is 0 Å². The minimum Gasteiger partial charge on any atom is -0.627 e. The van der Waals surface area contributed by atoms with E-state index in [2.05, 4.69) is 6.92 Å². The minimum absolute atomic E-state index is 0.201. The molecule has 0 N–H and O–H groups in total. The zero-order valence-electron chi connectivity index (χ0n) is 10.2. The van der Waals surface area contributed by atoms with Crippen molar-refractivity contribution < 1.29 is 0 Å². The van der Waals surface area contributed by atoms with Crippen molar-refractivity contribution in [1.82, 2.24) is 4.65 Å². The fourth-order valence-corrected chi connectivity index (χ4v) is 2.67. The Bertz CT molecular complexity index is 326. The van der Waals surface area contributed by atoms with Gasteiger partial charge in [0.2, 0.25) is 0 Å². The molecular formula is C14H21NO. The summed E-state index contributed by atoms with van der Waals surface area (Å²) in [6, 6.07) is 10.0. The normalized spacial score (nSPS) is 29.7. The van der Waals surface area contributed by atoms with Crippen LogP contribution in [0.15, 0.2) is 30.3 Å². The highest BCUT2D eigenvalue weighted by atomic mass is 16.5. The number of hydrogen-bond acceptors (Lipinski definition) is 1. The molecule has 1 aromatic carbocycles. The van der Waals surface area contributed by atoms with Gasteiger partial charge in [0, 0.05) is 12.8 Å². The van der Waals surface area contributed by atoms with Crippen LogP contribution in [0, 0.1) is 11.1 Å². The van der Waals surface area contributed by atoms with Crippen molar-refractivity contribution >= 4 is 5.69 Å². The van der Waals surface area contributed by atoms with Crippen LogP contribution in [0.1, 0.15) is 32.6 Å². The first-order valence-corrected chi connectivity index (χ1v) is 6.23. The molecule has 1 aliphatic rings. The number of hydrogen-bond donors (Lipinski definition) is 0. The summed E-state index contributed by atoms with van der Waals surface area (Å²) in [6.45, 7) is 2.29. The molecule has 0 bridgehead atoms. The molecule has 2 heteroatoms. The number of hydroxylamine groups is 2. The summed E-state index contributed by atoms with van der Waals surface area (Å²) >= 11 is 0. The van der Waals surface area contributed by atoms with Crippen molar-refractivity contribution in [3.63, 3.8) is 0 Å². The Kier molecular flexibility index (Phi) is 3.31. The first-order chi connectivity index (χ1) is 7.60. The van der Waals surface area contributed by atoms with Gasteiger partial charge in [0.05, 0.1) is 13.1 Å². The molecule has 88 valence electrons. The molecule has 0 radical (unpaired) electrons. The third-order valence-corrected chi connectivity index (χ3v) is 3.95. The quantitative estimate of drug-likeness (QED) is 0.549. The van der Waals surface area contributed by atoms with E-state index in [1.807, 2.05) is 30.3 Å². The number of nitrogens with zero attached hydrogens (tertiary/aromatic N) is 1. The van der Waals surface area contributed by atoms with Gasteiger partial charge in [-0.3, -0.25) is 0 Å². The third kappa shape index (κ3) is 2.28. The van der Waals surface area contributed by atoms with E-state index in [1.54, 1.807) is 7.05 Å². The molecule has 0 amide bonds. The van der Waals surface area contributed by atoms with Gasteiger partial charge < -0.3 is 9.85 Å². The summed E-state index contributed by atoms with van der Waals surface area (Å²) in [4.78, 5) is 0. The number of benzene rings is 1. The van der Waals surface area contributed by atoms with Gasteiger partial charge in [0.1, 0.15) is 5.69 Å². The maximum atomic E-state index is 12.7. The fraction of sp³-hybridized carbons (Fsp3) is 0.571. The summed E-state index contributed by atoms with van der Waals surface area (Å²) in [5.41, 5.74) is 0.891. The minimum atomic E-state index is -0.201. The van der Waals surface area contributed by atoms with E-state index in [-0.39, 0.29) is 10.7 Å². The van der Waals surface area contributed by atoms with Crippen molar-refractivity contribution in [2.75, 3.05) is 7.05 Å². The maximum Gasteiger partial charge on any atom is 0.132 e. The summed E-state index contributed by atoms with van der Waals surface area (Å²) < 4.78 is -0.201. The molecule has 1 aliphatic carbocycles. The largest absolute Gasteiger partial charge is 0.627 e. The van der Waals surface area contributed by atoms with E-state index in [0.717, 1.165) is 24.4 Å². The molecule has 0 aromatic heterocycles. The molecular weight excluding hydrogens is 198 g/mol. The lowest BCUT2D eigenvalue weighted by Crippen LogP contribution is -2.49. The highest BCUT2D eigenvalue weighted by molar-refractivity contribution is 5.43. The second-order valence-corrected chi connectivity index (χ2v) is 5.24. The molecule has 0 saturated heterocycles. The van der Waals surface area contributed by atoms with Gasteiger partial charge in [-0.25, -0.2) is 0 Å². The van der Waals surface area contributed by atoms with E-state index in [1.165, 1.54) is 12.8 Å². The average molecular weight is 219 g/mol. The first-order valence-electron chi connectivity index (χ1n) is 6.23. The molecule has 1 fully saturated rings. The molecule has 16 heavy (non-hydrogen) atoms. The van der Waals surface area contributed by atoms with Crippen LogP contribution in [0.25, 0.3) is 0 Å². The van der Waals surface area contributed by atoms with Crippen LogP contribution in [0.2, 0.25) is 0 Å². The molecule has 0 aliphatic heterocycles. The molecule has 1 aromatic rings. The second-order valence-electron chi connectivity index (χ2n) is 5.24. The lowest BCUT2D eigenvalue weighted by atomic mass is 9.86. The highest BCUT2D eigenvalue weighted by Crippen LogP contribution is 2.33. The van der Waals surface area contributed by atoms with E-state index in [4.69, 9.17) is 0 Å². The highest BCUT2D eigenvalue weighted by Gasteiger charge is 2.30. The summed E-state index contributed by atoms with van der Waals surface area (Å²) in [6.07, 6.45) is 4.54. The van der Waals surface area contributed by atoms with Gasteiger partial charge in [-0.2, -0.15) is 0 Å². The van der Waals surface area contributed by atoms with E-state index >= 15 is 0 Å². The average Bonchev–Trinajstić information content (AvgIpc) is 2.31. The van der Waals surface area contributed by atoms with Gasteiger partial charge in [0.25, 0.3) is 0 Å². The Morgan fingerprint density at radius 1 is 1.06 bits per heavy atom. The van der Waals surface area contributed by atoms with Crippen LogP contribution < -0.4 is 4.65 Å². The van der Waals surface area contributed by atoms with Gasteiger partial charge in [-0.15, -0.1) is 0 Å². The van der Waals surface area contributed by atoms with Crippen molar-refractivity contribution in [3.05, 3.63) is 35.5 Å². The molecule has 2 rings (SSSR count). The van der Waals surface area contributed by atoms with Crippen molar-refractivity contribution in [3.8, 4) is 0 Å². The Balaban J connectivity index is 2.13. The second kappa shape index (κ2) is 4.56. The van der Waals surface area contributed by atoms with Crippen LogP contribution in [-0.4, -0.2) is 13.1 Å². The Morgan fingerprint density at radius 3 is 2.19 bits per heavy atom. The van der Waals surface area contributed by atoms with E-state index in [9.17, 15) is 5.21 Å². The van der Waals surface area contributed by atoms with Gasteiger partial charge in [-0.1, -0.05) is 25.1 Å². The first kappa shape index (κ1) is 11.6. The fourth-order valence-electron chi connectivity index (χ4n) is 2.67. The Labute approximate surface area is 98.1 Å². The Morgan fingerprint density at radius 2 is 1.62 bits per heavy atom. The lowest BCUT2D eigenvalue weighted by Gasteiger charge is -2.47. The van der Waals surface area contributed by atoms with Crippen LogP contribution in [-0.2, 0) is 0 Å². The lowest BCUT2D eigenvalue weighted by molar-refractivity contribution is 0.221. The predicted molar refractivity (Wildman–Crippen MR) is 68.9 cm³/mol. The topological polar surface area (TPSA) is 23.1 Å². The third-order valence-electron chi connectivity index (χ3n) is 3.95. The van der Waals surface area contributed by atoms with E-state index in [0.29, 0.717) is 0 Å². The standard InChI is InChI=1S/C14H21NO/c1-12-8-10-14(11-9-12)15(2,16)13-6-4-3-5-7-13/h3-7,12,14H,8-11H2,1-2H3.